The largest absolute Gasteiger partial charge is 0.459 e. The number of para-hydroxylation sites is 2. The molecule has 0 spiro atoms. The van der Waals surface area contributed by atoms with E-state index < -0.39 is 6.29 Å². The number of hydrogen-bond acceptors (Lipinski definition) is 6. The maximum absolute atomic E-state index is 13.4. The van der Waals surface area contributed by atoms with E-state index >= 15 is 0 Å². The minimum absolute atomic E-state index is 0.0148. The van der Waals surface area contributed by atoms with E-state index in [4.69, 9.17) is 15.2 Å². The molecule has 1 aliphatic heterocycles. The van der Waals surface area contributed by atoms with Crippen molar-refractivity contribution < 1.29 is 24.2 Å². The molecule has 5 N–H and O–H groups in total. The molecule has 2 atom stereocenters. The lowest BCUT2D eigenvalue weighted by Gasteiger charge is -2.30. The molecule has 0 saturated heterocycles. The highest BCUT2D eigenvalue weighted by molar-refractivity contribution is 5.94. The molecule has 0 fully saturated rings. The SMILES string of the molecule is Nc1ccccc1NC(=O)CCCCNC(=O)C1=C[C@@H](c2cccc3c2Cc2ccccc2-3)C[C@@H](OCc2ccc(CO)cc2)O1. The molecule has 2 aliphatic rings. The zero-order valence-electron chi connectivity index (χ0n) is 25.7. The van der Waals surface area contributed by atoms with Gasteiger partial charge in [-0.1, -0.05) is 78.9 Å². The Morgan fingerprint density at radius 3 is 2.48 bits per heavy atom. The fourth-order valence-corrected chi connectivity index (χ4v) is 6.12. The number of amides is 2. The highest BCUT2D eigenvalue weighted by Gasteiger charge is 2.32. The monoisotopic (exact) mass is 617 g/mol. The first-order valence-corrected chi connectivity index (χ1v) is 15.8. The number of fused-ring (bicyclic) bond motifs is 3. The van der Waals surface area contributed by atoms with E-state index in [1.807, 2.05) is 42.5 Å². The van der Waals surface area contributed by atoms with Crippen molar-refractivity contribution in [2.75, 3.05) is 17.6 Å². The standard InChI is InChI=1S/C38H39N3O5/c39-33-12-3-4-13-34(33)41-36(43)14-5-6-19-40-38(44)35-21-28(22-37(46-35)45-24-26-17-15-25(23-42)16-18-26)30-10-7-11-31-29-9-2-1-8-27(29)20-32(30)31/h1-4,7-13,15-18,21,28,37,42H,5-6,14,19-20,22-24,39H2,(H,40,44)(H,41,43)/t28-,37+/m1/s1. The van der Waals surface area contributed by atoms with Gasteiger partial charge in [0.05, 0.1) is 24.6 Å². The Morgan fingerprint density at radius 1 is 0.891 bits per heavy atom. The molecule has 236 valence electrons. The summed E-state index contributed by atoms with van der Waals surface area (Å²) in [4.78, 5) is 25.7. The van der Waals surface area contributed by atoms with Crippen LogP contribution in [0.2, 0.25) is 0 Å². The lowest BCUT2D eigenvalue weighted by atomic mass is 9.87. The summed E-state index contributed by atoms with van der Waals surface area (Å²) < 4.78 is 12.4. The first kappa shape index (κ1) is 31.1. The lowest BCUT2D eigenvalue weighted by molar-refractivity contribution is -0.150. The Balaban J connectivity index is 1.11. The number of aliphatic hydroxyl groups excluding tert-OH is 1. The van der Waals surface area contributed by atoms with Gasteiger partial charge in [-0.25, -0.2) is 0 Å². The van der Waals surface area contributed by atoms with E-state index in [1.54, 1.807) is 12.1 Å². The van der Waals surface area contributed by atoms with Crippen LogP contribution < -0.4 is 16.4 Å². The van der Waals surface area contributed by atoms with Crippen molar-refractivity contribution in [1.29, 1.82) is 0 Å². The topological polar surface area (TPSA) is 123 Å². The highest BCUT2D eigenvalue weighted by Crippen LogP contribution is 2.43. The van der Waals surface area contributed by atoms with E-state index in [-0.39, 0.29) is 30.1 Å². The van der Waals surface area contributed by atoms with E-state index in [9.17, 15) is 14.7 Å². The van der Waals surface area contributed by atoms with Crippen LogP contribution in [0.1, 0.15) is 59.4 Å². The van der Waals surface area contributed by atoms with Gasteiger partial charge in [0.25, 0.3) is 5.91 Å². The Bertz CT molecular complexity index is 1730. The van der Waals surface area contributed by atoms with Crippen LogP contribution in [0.15, 0.2) is 103 Å². The number of nitrogens with two attached hydrogens (primary N) is 1. The van der Waals surface area contributed by atoms with Crippen molar-refractivity contribution in [3.8, 4) is 11.1 Å². The number of rotatable bonds is 12. The molecule has 1 aliphatic carbocycles. The predicted molar refractivity (Wildman–Crippen MR) is 178 cm³/mol. The van der Waals surface area contributed by atoms with Gasteiger partial charge >= 0.3 is 0 Å². The molecular weight excluding hydrogens is 578 g/mol. The number of unbranched alkanes of at least 4 members (excludes halogenated alkanes) is 1. The second-order valence-corrected chi connectivity index (χ2v) is 11.8. The minimum Gasteiger partial charge on any atom is -0.459 e. The number of hydrogen-bond donors (Lipinski definition) is 4. The summed E-state index contributed by atoms with van der Waals surface area (Å²) >= 11 is 0. The molecule has 0 unspecified atom stereocenters. The average Bonchev–Trinajstić information content (AvgIpc) is 3.47. The van der Waals surface area contributed by atoms with Crippen LogP contribution in [-0.2, 0) is 38.7 Å². The molecule has 0 saturated carbocycles. The Morgan fingerprint density at radius 2 is 1.65 bits per heavy atom. The van der Waals surface area contributed by atoms with Crippen LogP contribution in [0.3, 0.4) is 0 Å². The van der Waals surface area contributed by atoms with Crippen LogP contribution >= 0.6 is 0 Å². The van der Waals surface area contributed by atoms with E-state index in [1.165, 1.54) is 27.8 Å². The van der Waals surface area contributed by atoms with Crippen molar-refractivity contribution in [3.63, 3.8) is 0 Å². The number of nitrogens with one attached hydrogen (secondary N) is 2. The maximum atomic E-state index is 13.4. The number of carbonyl (C=O) groups excluding carboxylic acids is 2. The summed E-state index contributed by atoms with van der Waals surface area (Å²) in [6.45, 7) is 0.704. The third-order valence-corrected chi connectivity index (χ3v) is 8.56. The van der Waals surface area contributed by atoms with Gasteiger partial charge < -0.3 is 30.9 Å². The van der Waals surface area contributed by atoms with E-state index in [0.29, 0.717) is 50.2 Å². The molecule has 8 nitrogen and oxygen atoms in total. The van der Waals surface area contributed by atoms with Gasteiger partial charge in [0.1, 0.15) is 0 Å². The van der Waals surface area contributed by atoms with E-state index in [2.05, 4.69) is 53.1 Å². The molecule has 0 radical (unpaired) electrons. The molecule has 6 rings (SSSR count). The summed E-state index contributed by atoms with van der Waals surface area (Å²) in [5, 5.41) is 15.2. The van der Waals surface area contributed by atoms with Crippen molar-refractivity contribution in [2.24, 2.45) is 0 Å². The third-order valence-electron chi connectivity index (χ3n) is 8.56. The Labute approximate surface area is 269 Å². The zero-order valence-corrected chi connectivity index (χ0v) is 25.7. The highest BCUT2D eigenvalue weighted by atomic mass is 16.7. The number of aliphatic hydroxyl groups is 1. The quantitative estimate of drug-likeness (QED) is 0.0979. The van der Waals surface area contributed by atoms with E-state index in [0.717, 1.165) is 17.5 Å². The summed E-state index contributed by atoms with van der Waals surface area (Å²) in [6, 6.07) is 29.6. The first-order chi connectivity index (χ1) is 22.5. The smallest absolute Gasteiger partial charge is 0.286 e. The molecular formula is C38H39N3O5. The van der Waals surface area contributed by atoms with Crippen LogP contribution in [0.5, 0.6) is 0 Å². The maximum Gasteiger partial charge on any atom is 0.286 e. The normalized spacial score (nSPS) is 16.5. The minimum atomic E-state index is -0.623. The van der Waals surface area contributed by atoms with Gasteiger partial charge in [0.2, 0.25) is 12.2 Å². The summed E-state index contributed by atoms with van der Waals surface area (Å²) in [5.74, 6) is -0.256. The fourth-order valence-electron chi connectivity index (χ4n) is 6.12. The molecule has 8 heteroatoms. The fraction of sp³-hybridized carbons (Fsp3) is 0.263. The second-order valence-electron chi connectivity index (χ2n) is 11.8. The van der Waals surface area contributed by atoms with Crippen LogP contribution in [0, 0.1) is 0 Å². The Hall–Kier alpha value is -4.92. The Kier molecular flexibility index (Phi) is 9.76. The van der Waals surface area contributed by atoms with Crippen molar-refractivity contribution in [1.82, 2.24) is 5.32 Å². The average molecular weight is 618 g/mol. The number of nitrogen functional groups attached to an aromatic ring is 1. The number of benzene rings is 4. The van der Waals surface area contributed by atoms with Gasteiger partial charge in [-0.05, 0) is 76.4 Å². The molecule has 4 aromatic rings. The van der Waals surface area contributed by atoms with Crippen LogP contribution in [-0.4, -0.2) is 29.8 Å². The first-order valence-electron chi connectivity index (χ1n) is 15.8. The number of carbonyl (C=O) groups is 2. The van der Waals surface area contributed by atoms with Gasteiger partial charge in [-0.15, -0.1) is 0 Å². The molecule has 2 amide bonds. The third kappa shape index (κ3) is 7.30. The van der Waals surface area contributed by atoms with Crippen molar-refractivity contribution in [2.45, 2.75) is 57.5 Å². The summed E-state index contributed by atoms with van der Waals surface area (Å²) in [5.41, 5.74) is 15.1. The number of anilines is 2. The van der Waals surface area contributed by atoms with Crippen LogP contribution in [0.25, 0.3) is 11.1 Å². The zero-order chi connectivity index (χ0) is 31.9. The predicted octanol–water partition coefficient (Wildman–Crippen LogP) is 6.19. The van der Waals surface area contributed by atoms with Gasteiger partial charge in [0.15, 0.2) is 5.76 Å². The number of allylic oxidation sites excluding steroid dienone is 1. The molecule has 0 bridgehead atoms. The summed E-state index contributed by atoms with van der Waals surface area (Å²) in [7, 11) is 0. The van der Waals surface area contributed by atoms with Crippen molar-refractivity contribution >= 4 is 23.2 Å². The second kappa shape index (κ2) is 14.5. The lowest BCUT2D eigenvalue weighted by Crippen LogP contribution is -2.33. The summed E-state index contributed by atoms with van der Waals surface area (Å²) in [6.07, 6.45) is 4.28. The van der Waals surface area contributed by atoms with Crippen LogP contribution in [0.4, 0.5) is 11.4 Å². The molecule has 4 aromatic carbocycles. The van der Waals surface area contributed by atoms with Gasteiger partial charge in [-0.2, -0.15) is 0 Å². The van der Waals surface area contributed by atoms with Gasteiger partial charge in [0, 0.05) is 25.3 Å². The van der Waals surface area contributed by atoms with Crippen molar-refractivity contribution in [3.05, 3.63) is 131 Å². The molecule has 0 aromatic heterocycles. The number of ether oxygens (including phenoxy) is 2. The van der Waals surface area contributed by atoms with Gasteiger partial charge in [-0.3, -0.25) is 9.59 Å². The molecule has 46 heavy (non-hydrogen) atoms. The molecule has 1 heterocycles.